The molecule has 1 N–H and O–H groups in total. The molecule has 0 atom stereocenters. The predicted octanol–water partition coefficient (Wildman–Crippen LogP) is 4.67. The zero-order valence-electron chi connectivity index (χ0n) is 25.9. The van der Waals surface area contributed by atoms with Crippen molar-refractivity contribution in [1.29, 1.82) is 0 Å². The number of hydrogen-bond donors (Lipinski definition) is 1. The summed E-state index contributed by atoms with van der Waals surface area (Å²) < 4.78 is 5.90. The van der Waals surface area contributed by atoms with Gasteiger partial charge in [-0.1, -0.05) is 82.3 Å². The number of para-hydroxylation sites is 1. The molecule has 44 heavy (non-hydrogen) atoms. The quantitative estimate of drug-likeness (QED) is 0.350. The average molecular weight is 604 g/mol. The van der Waals surface area contributed by atoms with Crippen LogP contribution in [0.1, 0.15) is 76.5 Å². The normalized spacial score (nSPS) is 15.6. The molecule has 2 aliphatic heterocycles. The third-order valence-electron chi connectivity index (χ3n) is 7.49. The number of nitrogens with zero attached hydrogens (tertiary/aromatic N) is 2. The van der Waals surface area contributed by atoms with Crippen molar-refractivity contribution in [2.75, 3.05) is 24.7 Å². The number of carbonyl (C=O) groups excluding carboxylic acids is 5. The van der Waals surface area contributed by atoms with E-state index >= 15 is 0 Å². The molecule has 0 unspecified atom stereocenters. The van der Waals surface area contributed by atoms with Crippen molar-refractivity contribution < 1.29 is 33.5 Å². The number of hydroxylamine groups is 2. The van der Waals surface area contributed by atoms with Crippen LogP contribution in [0.5, 0.6) is 0 Å². The van der Waals surface area contributed by atoms with Crippen molar-refractivity contribution in [2.24, 2.45) is 10.8 Å². The van der Waals surface area contributed by atoms with Crippen LogP contribution in [0.2, 0.25) is 0 Å². The first-order valence-electron chi connectivity index (χ1n) is 14.9. The van der Waals surface area contributed by atoms with Crippen LogP contribution in [0.15, 0.2) is 48.5 Å². The second-order valence-electron chi connectivity index (χ2n) is 12.9. The van der Waals surface area contributed by atoms with Crippen LogP contribution in [0.4, 0.5) is 5.69 Å². The molecule has 4 amide bonds. The van der Waals surface area contributed by atoms with Gasteiger partial charge in [-0.2, -0.15) is 0 Å². The van der Waals surface area contributed by atoms with Gasteiger partial charge in [0.15, 0.2) is 0 Å². The van der Waals surface area contributed by atoms with Crippen molar-refractivity contribution in [1.82, 2.24) is 10.4 Å². The van der Waals surface area contributed by atoms with Crippen LogP contribution in [-0.2, 0) is 40.1 Å². The smallest absolute Gasteiger partial charge is 0.333 e. The highest BCUT2D eigenvalue weighted by atomic mass is 16.7. The van der Waals surface area contributed by atoms with Gasteiger partial charge in [-0.25, -0.2) is 4.79 Å². The molecule has 4 rings (SSSR count). The highest BCUT2D eigenvalue weighted by Crippen LogP contribution is 2.29. The Morgan fingerprint density at radius 2 is 1.43 bits per heavy atom. The zero-order chi connectivity index (χ0) is 31.9. The van der Waals surface area contributed by atoms with Crippen molar-refractivity contribution in [3.8, 4) is 0 Å². The maximum Gasteiger partial charge on any atom is 0.333 e. The predicted molar refractivity (Wildman–Crippen MR) is 165 cm³/mol. The molecule has 0 saturated carbocycles. The third kappa shape index (κ3) is 8.86. The number of amides is 4. The number of imide groups is 1. The fourth-order valence-corrected chi connectivity index (χ4v) is 5.04. The summed E-state index contributed by atoms with van der Waals surface area (Å²) >= 11 is 0. The molecule has 10 nitrogen and oxygen atoms in total. The van der Waals surface area contributed by atoms with Crippen LogP contribution < -0.4 is 10.2 Å². The molecule has 0 bridgehead atoms. The molecule has 0 aliphatic carbocycles. The lowest BCUT2D eigenvalue weighted by Crippen LogP contribution is -2.39. The van der Waals surface area contributed by atoms with Crippen LogP contribution in [-0.4, -0.2) is 54.4 Å². The Kier molecular flexibility index (Phi) is 10.4. The summed E-state index contributed by atoms with van der Waals surface area (Å²) in [5, 5.41) is 3.47. The SMILES string of the molecule is CC(C)(CNC(=O)CCC(=O)N1Cc2ccccc2/C=C\c2ccccc21)COCC(C)(C)CC(=O)ON1C(=O)CCC1=O. The van der Waals surface area contributed by atoms with Crippen molar-refractivity contribution >= 4 is 47.4 Å². The van der Waals surface area contributed by atoms with Gasteiger partial charge in [-0.05, 0) is 28.2 Å². The molecule has 2 aliphatic rings. The van der Waals surface area contributed by atoms with E-state index in [4.69, 9.17) is 9.57 Å². The lowest BCUT2D eigenvalue weighted by Gasteiger charge is -2.29. The lowest BCUT2D eigenvalue weighted by molar-refractivity contribution is -0.199. The van der Waals surface area contributed by atoms with Crippen LogP contribution in [0, 0.1) is 10.8 Å². The molecule has 1 fully saturated rings. The second-order valence-corrected chi connectivity index (χ2v) is 12.9. The minimum atomic E-state index is -0.678. The fraction of sp³-hybridized carbons (Fsp3) is 0.441. The standard InChI is InChI=1S/C34H41N3O7/c1-33(2,19-32(42)44-37-30(40)17-18-31(37)41)22-43-23-34(3,4)21-35-28(38)15-16-29(39)36-20-26-11-6-5-9-24(26)13-14-25-10-7-8-12-27(25)36/h5-14H,15-23H2,1-4H3,(H,35,38)/b14-13-. The Morgan fingerprint density at radius 3 is 2.16 bits per heavy atom. The first-order chi connectivity index (χ1) is 20.8. The van der Waals surface area contributed by atoms with Crippen LogP contribution in [0.3, 0.4) is 0 Å². The largest absolute Gasteiger partial charge is 0.380 e. The van der Waals surface area contributed by atoms with Gasteiger partial charge in [0, 0.05) is 37.6 Å². The minimum Gasteiger partial charge on any atom is -0.380 e. The lowest BCUT2D eigenvalue weighted by atomic mass is 9.90. The Morgan fingerprint density at radius 1 is 0.818 bits per heavy atom. The molecule has 234 valence electrons. The maximum atomic E-state index is 13.4. The first kappa shape index (κ1) is 32.6. The molecule has 0 spiro atoms. The third-order valence-corrected chi connectivity index (χ3v) is 7.49. The first-order valence-corrected chi connectivity index (χ1v) is 14.9. The van der Waals surface area contributed by atoms with Gasteiger partial charge in [0.1, 0.15) is 0 Å². The van der Waals surface area contributed by atoms with Gasteiger partial charge in [-0.3, -0.25) is 19.2 Å². The topological polar surface area (TPSA) is 122 Å². The summed E-state index contributed by atoms with van der Waals surface area (Å²) in [6.45, 7) is 8.85. The molecule has 0 radical (unpaired) electrons. The fourth-order valence-electron chi connectivity index (χ4n) is 5.04. The number of ether oxygens (including phenoxy) is 1. The van der Waals surface area contributed by atoms with Crippen LogP contribution >= 0.6 is 0 Å². The molecular formula is C34H41N3O7. The number of carbonyl (C=O) groups is 5. The van der Waals surface area contributed by atoms with Gasteiger partial charge in [0.05, 0.1) is 31.9 Å². The molecule has 2 aromatic carbocycles. The minimum absolute atomic E-state index is 0.0420. The summed E-state index contributed by atoms with van der Waals surface area (Å²) in [4.78, 5) is 68.6. The van der Waals surface area contributed by atoms with E-state index in [1.54, 1.807) is 4.90 Å². The molecular weight excluding hydrogens is 562 g/mol. The van der Waals surface area contributed by atoms with Gasteiger partial charge >= 0.3 is 5.97 Å². The Hall–Kier alpha value is -4.31. The maximum absolute atomic E-state index is 13.4. The van der Waals surface area contributed by atoms with E-state index in [2.05, 4.69) is 11.4 Å². The number of rotatable bonds is 12. The van der Waals surface area contributed by atoms with E-state index in [9.17, 15) is 24.0 Å². The van der Waals surface area contributed by atoms with Gasteiger partial charge in [-0.15, -0.1) is 5.06 Å². The summed E-state index contributed by atoms with van der Waals surface area (Å²) in [5.74, 6) is -2.06. The molecule has 10 heteroatoms. The van der Waals surface area contributed by atoms with E-state index in [0.717, 1.165) is 22.4 Å². The van der Waals surface area contributed by atoms with E-state index in [-0.39, 0.29) is 50.5 Å². The summed E-state index contributed by atoms with van der Waals surface area (Å²) in [5.41, 5.74) is 2.83. The van der Waals surface area contributed by atoms with Gasteiger partial charge in [0.25, 0.3) is 11.8 Å². The number of benzene rings is 2. The summed E-state index contributed by atoms with van der Waals surface area (Å²) in [6.07, 6.45) is 4.24. The summed E-state index contributed by atoms with van der Waals surface area (Å²) in [7, 11) is 0. The van der Waals surface area contributed by atoms with Crippen LogP contribution in [0.25, 0.3) is 12.2 Å². The highest BCUT2D eigenvalue weighted by Gasteiger charge is 2.34. The van der Waals surface area contributed by atoms with E-state index in [1.165, 1.54) is 0 Å². The van der Waals surface area contributed by atoms with E-state index in [1.807, 2.05) is 82.3 Å². The van der Waals surface area contributed by atoms with Crippen molar-refractivity contribution in [3.05, 3.63) is 65.2 Å². The number of nitrogens with one attached hydrogen (secondary N) is 1. The van der Waals surface area contributed by atoms with E-state index < -0.39 is 28.6 Å². The van der Waals surface area contributed by atoms with Crippen molar-refractivity contribution in [3.63, 3.8) is 0 Å². The number of anilines is 1. The average Bonchev–Trinajstić information content (AvgIpc) is 3.27. The number of fused-ring (bicyclic) bond motifs is 2. The zero-order valence-corrected chi connectivity index (χ0v) is 25.9. The Bertz CT molecular complexity index is 1430. The van der Waals surface area contributed by atoms with Gasteiger partial charge in [0.2, 0.25) is 11.8 Å². The summed E-state index contributed by atoms with van der Waals surface area (Å²) in [6, 6.07) is 15.7. The highest BCUT2D eigenvalue weighted by molar-refractivity contribution is 6.01. The second kappa shape index (κ2) is 14.0. The van der Waals surface area contributed by atoms with E-state index in [0.29, 0.717) is 24.8 Å². The van der Waals surface area contributed by atoms with Gasteiger partial charge < -0.3 is 19.8 Å². The molecule has 2 aromatic rings. The number of hydrogen-bond acceptors (Lipinski definition) is 7. The Balaban J connectivity index is 1.22. The Labute approximate surface area is 258 Å². The molecule has 0 aromatic heterocycles. The molecule has 2 heterocycles. The molecule has 1 saturated heterocycles. The van der Waals surface area contributed by atoms with Crippen molar-refractivity contribution in [2.45, 2.75) is 66.3 Å². The monoisotopic (exact) mass is 603 g/mol.